The molecule has 8 heteroatoms. The van der Waals surface area contributed by atoms with Crippen molar-refractivity contribution in [3.05, 3.63) is 59.9 Å². The number of carbonyl (C=O) groups excluding carboxylic acids is 1. The molecule has 0 aliphatic carbocycles. The van der Waals surface area contributed by atoms with Gasteiger partial charge in [0.15, 0.2) is 0 Å². The number of benzene rings is 2. The molecule has 0 aromatic heterocycles. The van der Waals surface area contributed by atoms with Crippen molar-refractivity contribution in [3.63, 3.8) is 0 Å². The summed E-state index contributed by atoms with van der Waals surface area (Å²) in [6.07, 6.45) is 1.65. The number of rotatable bonds is 5. The minimum Gasteiger partial charge on any atom is -0.322 e. The molecule has 1 fully saturated rings. The van der Waals surface area contributed by atoms with Gasteiger partial charge < -0.3 is 5.32 Å². The first-order chi connectivity index (χ1) is 12.0. The van der Waals surface area contributed by atoms with Crippen LogP contribution in [-0.2, 0) is 10.2 Å². The van der Waals surface area contributed by atoms with E-state index >= 15 is 0 Å². The molecule has 1 saturated heterocycles. The van der Waals surface area contributed by atoms with Gasteiger partial charge in [-0.2, -0.15) is 12.7 Å². The monoisotopic (exact) mass is 363 g/mol. The molecule has 25 heavy (non-hydrogen) atoms. The fraction of sp³-hybridized carbons (Fsp3) is 0.235. The van der Waals surface area contributed by atoms with Crippen LogP contribution in [0, 0.1) is 5.82 Å². The van der Waals surface area contributed by atoms with Gasteiger partial charge in [0.05, 0.1) is 11.3 Å². The van der Waals surface area contributed by atoms with Crippen molar-refractivity contribution in [2.24, 2.45) is 0 Å². The molecule has 1 aliphatic heterocycles. The van der Waals surface area contributed by atoms with E-state index in [1.54, 1.807) is 12.1 Å². The molecule has 0 spiro atoms. The van der Waals surface area contributed by atoms with E-state index in [9.17, 15) is 17.6 Å². The first-order valence-electron chi connectivity index (χ1n) is 7.89. The summed E-state index contributed by atoms with van der Waals surface area (Å²) in [5.41, 5.74) is 0.812. The summed E-state index contributed by atoms with van der Waals surface area (Å²) >= 11 is 0. The fourth-order valence-corrected chi connectivity index (χ4v) is 3.96. The zero-order valence-corrected chi connectivity index (χ0v) is 14.2. The molecule has 1 heterocycles. The lowest BCUT2D eigenvalue weighted by Crippen LogP contribution is -2.34. The van der Waals surface area contributed by atoms with Gasteiger partial charge in [0, 0.05) is 18.8 Å². The van der Waals surface area contributed by atoms with Gasteiger partial charge in [-0.1, -0.05) is 12.1 Å². The second kappa shape index (κ2) is 7.20. The highest BCUT2D eigenvalue weighted by molar-refractivity contribution is 7.90. The number of para-hydroxylation sites is 1. The van der Waals surface area contributed by atoms with Crippen LogP contribution < -0.4 is 10.0 Å². The van der Waals surface area contributed by atoms with Gasteiger partial charge in [0.1, 0.15) is 5.82 Å². The molecule has 0 unspecified atom stereocenters. The van der Waals surface area contributed by atoms with Crippen molar-refractivity contribution < 1.29 is 17.6 Å². The predicted molar refractivity (Wildman–Crippen MR) is 94.1 cm³/mol. The highest BCUT2D eigenvalue weighted by Crippen LogP contribution is 2.21. The van der Waals surface area contributed by atoms with E-state index in [1.807, 2.05) is 0 Å². The highest BCUT2D eigenvalue weighted by atomic mass is 32.2. The number of anilines is 2. The number of nitrogens with zero attached hydrogens (tertiary/aromatic N) is 1. The van der Waals surface area contributed by atoms with E-state index in [0.717, 1.165) is 12.8 Å². The highest BCUT2D eigenvalue weighted by Gasteiger charge is 2.26. The van der Waals surface area contributed by atoms with E-state index in [1.165, 1.54) is 40.7 Å². The van der Waals surface area contributed by atoms with E-state index in [4.69, 9.17) is 0 Å². The molecule has 2 aromatic rings. The normalized spacial score (nSPS) is 15.1. The summed E-state index contributed by atoms with van der Waals surface area (Å²) < 4.78 is 41.6. The number of amides is 1. The Morgan fingerprint density at radius 1 is 1.00 bits per heavy atom. The molecule has 6 nitrogen and oxygen atoms in total. The Balaban J connectivity index is 1.80. The van der Waals surface area contributed by atoms with Crippen molar-refractivity contribution in [3.8, 4) is 0 Å². The molecule has 0 radical (unpaired) electrons. The van der Waals surface area contributed by atoms with Crippen LogP contribution >= 0.6 is 0 Å². The maximum Gasteiger partial charge on any atom is 0.301 e. The minimum absolute atomic E-state index is 0.189. The third kappa shape index (κ3) is 4.15. The van der Waals surface area contributed by atoms with Gasteiger partial charge in [-0.15, -0.1) is 0 Å². The van der Waals surface area contributed by atoms with E-state index in [-0.39, 0.29) is 11.3 Å². The SMILES string of the molecule is O=C(Nc1ccc(F)cc1)c1ccccc1NS(=O)(=O)N1CCCC1. The van der Waals surface area contributed by atoms with Crippen LogP contribution in [0.1, 0.15) is 23.2 Å². The van der Waals surface area contributed by atoms with Crippen molar-refractivity contribution in [2.75, 3.05) is 23.1 Å². The Hall–Kier alpha value is -2.45. The number of carbonyl (C=O) groups is 1. The summed E-state index contributed by atoms with van der Waals surface area (Å²) in [6.45, 7) is 0.943. The van der Waals surface area contributed by atoms with E-state index in [2.05, 4.69) is 10.0 Å². The van der Waals surface area contributed by atoms with Crippen LogP contribution in [0.15, 0.2) is 48.5 Å². The molecule has 0 bridgehead atoms. The Labute approximate surface area is 145 Å². The molecule has 0 saturated carbocycles. The minimum atomic E-state index is -3.69. The van der Waals surface area contributed by atoms with Crippen molar-refractivity contribution in [2.45, 2.75) is 12.8 Å². The topological polar surface area (TPSA) is 78.5 Å². The Bertz CT molecular complexity index is 863. The van der Waals surface area contributed by atoms with Crippen LogP contribution in [-0.4, -0.2) is 31.7 Å². The lowest BCUT2D eigenvalue weighted by Gasteiger charge is -2.18. The van der Waals surface area contributed by atoms with Gasteiger partial charge in [-0.05, 0) is 49.2 Å². The van der Waals surface area contributed by atoms with Crippen LogP contribution in [0.2, 0.25) is 0 Å². The molecular weight excluding hydrogens is 345 g/mol. The van der Waals surface area contributed by atoms with Crippen LogP contribution in [0.25, 0.3) is 0 Å². The molecule has 1 amide bonds. The molecule has 132 valence electrons. The van der Waals surface area contributed by atoms with E-state index < -0.39 is 21.9 Å². The zero-order valence-electron chi connectivity index (χ0n) is 13.4. The van der Waals surface area contributed by atoms with Crippen LogP contribution in [0.4, 0.5) is 15.8 Å². The van der Waals surface area contributed by atoms with Crippen molar-refractivity contribution in [1.82, 2.24) is 4.31 Å². The molecule has 2 N–H and O–H groups in total. The number of hydrogen-bond donors (Lipinski definition) is 2. The molecular formula is C17H18FN3O3S. The average molecular weight is 363 g/mol. The van der Waals surface area contributed by atoms with Gasteiger partial charge in [0.25, 0.3) is 5.91 Å². The quantitative estimate of drug-likeness (QED) is 0.857. The lowest BCUT2D eigenvalue weighted by molar-refractivity contribution is 0.102. The van der Waals surface area contributed by atoms with Crippen LogP contribution in [0.3, 0.4) is 0 Å². The van der Waals surface area contributed by atoms with E-state index in [0.29, 0.717) is 18.8 Å². The maximum atomic E-state index is 13.0. The molecule has 3 rings (SSSR count). The molecule has 2 aromatic carbocycles. The standard InChI is InChI=1S/C17H18FN3O3S/c18-13-7-9-14(10-8-13)19-17(22)15-5-1-2-6-16(15)20-25(23,24)21-11-3-4-12-21/h1-2,5-10,20H,3-4,11-12H2,(H,19,22). The number of nitrogens with one attached hydrogen (secondary N) is 2. The molecule has 0 atom stereocenters. The van der Waals surface area contributed by atoms with Crippen molar-refractivity contribution >= 4 is 27.5 Å². The van der Waals surface area contributed by atoms with Crippen LogP contribution in [0.5, 0.6) is 0 Å². The maximum absolute atomic E-state index is 13.0. The summed E-state index contributed by atoms with van der Waals surface area (Å²) in [7, 11) is -3.69. The van der Waals surface area contributed by atoms with Gasteiger partial charge in [-0.25, -0.2) is 4.39 Å². The Morgan fingerprint density at radius 3 is 2.32 bits per heavy atom. The summed E-state index contributed by atoms with van der Waals surface area (Å²) in [4.78, 5) is 12.5. The van der Waals surface area contributed by atoms with Gasteiger partial charge >= 0.3 is 10.2 Å². The number of halogens is 1. The molecule has 1 aliphatic rings. The second-order valence-electron chi connectivity index (χ2n) is 5.72. The van der Waals surface area contributed by atoms with Gasteiger partial charge in [-0.3, -0.25) is 9.52 Å². The first-order valence-corrected chi connectivity index (χ1v) is 9.33. The Kier molecular flexibility index (Phi) is 5.00. The number of hydrogen-bond acceptors (Lipinski definition) is 3. The van der Waals surface area contributed by atoms with Gasteiger partial charge in [0.2, 0.25) is 0 Å². The fourth-order valence-electron chi connectivity index (χ4n) is 2.63. The summed E-state index contributed by atoms with van der Waals surface area (Å²) in [5, 5.41) is 2.63. The largest absolute Gasteiger partial charge is 0.322 e. The lowest BCUT2D eigenvalue weighted by atomic mass is 10.1. The second-order valence-corrected chi connectivity index (χ2v) is 7.39. The zero-order chi connectivity index (χ0) is 17.9. The third-order valence-electron chi connectivity index (χ3n) is 3.92. The predicted octanol–water partition coefficient (Wildman–Crippen LogP) is 2.83. The Morgan fingerprint density at radius 2 is 1.64 bits per heavy atom. The summed E-state index contributed by atoms with van der Waals surface area (Å²) in [5.74, 6) is -0.886. The summed E-state index contributed by atoms with van der Waals surface area (Å²) in [6, 6.07) is 11.7. The first kappa shape index (κ1) is 17.4. The van der Waals surface area contributed by atoms with Crippen molar-refractivity contribution in [1.29, 1.82) is 0 Å². The average Bonchev–Trinajstić information content (AvgIpc) is 3.12. The smallest absolute Gasteiger partial charge is 0.301 e. The third-order valence-corrected chi connectivity index (χ3v) is 5.44.